The number of pyridine rings is 2. The Kier molecular flexibility index (Phi) is 11.3. The summed E-state index contributed by atoms with van der Waals surface area (Å²) < 4.78 is 8.66. The zero-order chi connectivity index (χ0) is 36.0. The second-order valence-corrected chi connectivity index (χ2v) is 21.2. The van der Waals surface area contributed by atoms with Crippen LogP contribution in [-0.4, -0.2) is 27.6 Å². The Labute approximate surface area is 318 Å². The van der Waals surface area contributed by atoms with Gasteiger partial charge < -0.3 is 14.0 Å². The number of benzene rings is 3. The van der Waals surface area contributed by atoms with Crippen LogP contribution >= 0.6 is 0 Å². The van der Waals surface area contributed by atoms with Gasteiger partial charge in [-0.3, -0.25) is 4.98 Å². The smallest absolute Gasteiger partial charge is 0.216 e. The quantitative estimate of drug-likeness (QED) is 0.123. The number of aromatic nitrogens is 4. The molecule has 0 aliphatic rings. The largest absolute Gasteiger partial charge is 0.486 e. The molecule has 0 aliphatic heterocycles. The number of imidazole rings is 1. The molecule has 0 N–H and O–H groups in total. The maximum atomic E-state index is 6.38. The Morgan fingerprint density at radius 3 is 2.27 bits per heavy atom. The molecular formula is C44H50IrN4OSi-2. The monoisotopic (exact) mass is 871 g/mol. The molecule has 5 nitrogen and oxygen atoms in total. The number of rotatable bonds is 6. The summed E-state index contributed by atoms with van der Waals surface area (Å²) in [5.74, 6) is 1.89. The number of furan rings is 1. The summed E-state index contributed by atoms with van der Waals surface area (Å²) in [6, 6.07) is 31.6. The molecule has 4 heterocycles. The maximum absolute atomic E-state index is 6.38. The predicted molar refractivity (Wildman–Crippen MR) is 213 cm³/mol. The van der Waals surface area contributed by atoms with Gasteiger partial charge in [-0.1, -0.05) is 89.0 Å². The Bertz CT molecular complexity index is 2290. The fraction of sp³-hybridized carbons (Fsp3) is 0.341. The number of hydrogen-bond acceptors (Lipinski definition) is 4. The van der Waals surface area contributed by atoms with Gasteiger partial charge in [-0.2, -0.15) is 0 Å². The van der Waals surface area contributed by atoms with E-state index in [1.165, 1.54) is 10.8 Å². The van der Waals surface area contributed by atoms with E-state index >= 15 is 0 Å². The second kappa shape index (κ2) is 15.0. The summed E-state index contributed by atoms with van der Waals surface area (Å²) in [4.78, 5) is 14.5. The maximum Gasteiger partial charge on any atom is 0.216 e. The molecule has 0 saturated carbocycles. The van der Waals surface area contributed by atoms with Crippen LogP contribution in [0.1, 0.15) is 71.2 Å². The minimum Gasteiger partial charge on any atom is -0.486 e. The molecule has 0 spiro atoms. The van der Waals surface area contributed by atoms with Crippen LogP contribution in [0, 0.1) is 25.0 Å². The molecule has 0 saturated heterocycles. The van der Waals surface area contributed by atoms with Gasteiger partial charge in [-0.05, 0) is 74.2 Å². The van der Waals surface area contributed by atoms with Gasteiger partial charge in [0.15, 0.2) is 0 Å². The van der Waals surface area contributed by atoms with E-state index in [4.69, 9.17) is 14.4 Å². The third-order valence-corrected chi connectivity index (χ3v) is 11.2. The first-order valence-corrected chi connectivity index (χ1v) is 21.3. The fourth-order valence-corrected chi connectivity index (χ4v) is 8.31. The number of nitrogens with zero attached hydrogens (tertiary/aromatic N) is 4. The van der Waals surface area contributed by atoms with Crippen molar-refractivity contribution >= 4 is 46.4 Å². The van der Waals surface area contributed by atoms with E-state index in [1.807, 2.05) is 30.3 Å². The van der Waals surface area contributed by atoms with E-state index in [9.17, 15) is 0 Å². The molecule has 7 heteroatoms. The first-order chi connectivity index (χ1) is 23.6. The van der Waals surface area contributed by atoms with Gasteiger partial charge in [0.25, 0.3) is 0 Å². The topological polar surface area (TPSA) is 56.7 Å². The zero-order valence-corrected chi connectivity index (χ0v) is 35.3. The first-order valence-electron chi connectivity index (χ1n) is 17.8. The summed E-state index contributed by atoms with van der Waals surface area (Å²) in [7, 11) is -1.34. The summed E-state index contributed by atoms with van der Waals surface area (Å²) in [5, 5.41) is 3.63. The summed E-state index contributed by atoms with van der Waals surface area (Å²) >= 11 is 0. The third-order valence-electron chi connectivity index (χ3n) is 9.09. The number of hydrogen-bond donors (Lipinski definition) is 0. The summed E-state index contributed by atoms with van der Waals surface area (Å²) in [6.07, 6.45) is 3.24. The van der Waals surface area contributed by atoms with Gasteiger partial charge in [-0.25, -0.2) is 4.98 Å². The minimum absolute atomic E-state index is 0. The van der Waals surface area contributed by atoms with E-state index in [2.05, 4.69) is 145 Å². The molecule has 0 atom stereocenters. The molecule has 51 heavy (non-hydrogen) atoms. The van der Waals surface area contributed by atoms with Crippen LogP contribution in [0.2, 0.25) is 19.6 Å². The SMILES string of the molecule is CC(C)Cc1cc(-c2[c-]cccc2)ncc1[Si](C)(C)C.Cc1c[c-]c(-c2nc3ccccc3n2C(C)(C)C)c2oc3nc(C(C)C)ccc3c12.[Ir]. The van der Waals surface area contributed by atoms with Crippen molar-refractivity contribution < 1.29 is 24.5 Å². The van der Waals surface area contributed by atoms with E-state index in [0.717, 1.165) is 67.7 Å². The second-order valence-electron chi connectivity index (χ2n) is 16.2. The van der Waals surface area contributed by atoms with Crippen molar-refractivity contribution in [3.05, 3.63) is 108 Å². The van der Waals surface area contributed by atoms with Crippen LogP contribution in [0.25, 0.3) is 55.7 Å². The van der Waals surface area contributed by atoms with Crippen molar-refractivity contribution in [2.45, 2.75) is 92.9 Å². The van der Waals surface area contributed by atoms with Crippen LogP contribution in [0.5, 0.6) is 0 Å². The number of aryl methyl sites for hydroxylation is 1. The average molecular weight is 871 g/mol. The molecule has 0 aliphatic carbocycles. The van der Waals surface area contributed by atoms with Crippen LogP contribution in [0.15, 0.2) is 83.4 Å². The van der Waals surface area contributed by atoms with Gasteiger partial charge in [-0.15, -0.1) is 53.6 Å². The molecule has 1 radical (unpaired) electrons. The van der Waals surface area contributed by atoms with Crippen molar-refractivity contribution in [2.75, 3.05) is 0 Å². The molecule has 0 fully saturated rings. The molecule has 0 bridgehead atoms. The third kappa shape index (κ3) is 7.96. The molecule has 0 amide bonds. The van der Waals surface area contributed by atoms with Crippen molar-refractivity contribution in [1.82, 2.24) is 19.5 Å². The first kappa shape index (κ1) is 38.3. The molecule has 267 valence electrons. The van der Waals surface area contributed by atoms with Gasteiger partial charge in [0.2, 0.25) is 5.71 Å². The van der Waals surface area contributed by atoms with Crippen molar-refractivity contribution in [1.29, 1.82) is 0 Å². The molecule has 3 aromatic carbocycles. The summed E-state index contributed by atoms with van der Waals surface area (Å²) in [6.45, 7) is 24.7. The minimum atomic E-state index is -1.34. The summed E-state index contributed by atoms with van der Waals surface area (Å²) in [5.41, 5.74) is 10.1. The van der Waals surface area contributed by atoms with Crippen molar-refractivity contribution in [3.8, 4) is 22.6 Å². The van der Waals surface area contributed by atoms with Gasteiger partial charge >= 0.3 is 0 Å². The Balaban J connectivity index is 0.000000211. The fourth-order valence-electron chi connectivity index (χ4n) is 6.72. The van der Waals surface area contributed by atoms with Crippen LogP contribution in [0.3, 0.4) is 0 Å². The predicted octanol–water partition coefficient (Wildman–Crippen LogP) is 11.3. The Morgan fingerprint density at radius 1 is 0.902 bits per heavy atom. The Morgan fingerprint density at radius 2 is 1.63 bits per heavy atom. The van der Waals surface area contributed by atoms with Gasteiger partial charge in [0, 0.05) is 42.9 Å². The average Bonchev–Trinajstić information content (AvgIpc) is 3.64. The van der Waals surface area contributed by atoms with Crippen molar-refractivity contribution in [3.63, 3.8) is 0 Å². The molecule has 0 unspecified atom stereocenters. The van der Waals surface area contributed by atoms with Crippen molar-refractivity contribution in [2.24, 2.45) is 5.92 Å². The molecule has 4 aromatic heterocycles. The molecular weight excluding hydrogens is 821 g/mol. The van der Waals surface area contributed by atoms with E-state index < -0.39 is 8.07 Å². The van der Waals surface area contributed by atoms with Crippen LogP contribution < -0.4 is 5.19 Å². The van der Waals surface area contributed by atoms with E-state index in [-0.39, 0.29) is 25.6 Å². The van der Waals surface area contributed by atoms with Gasteiger partial charge in [0.1, 0.15) is 0 Å². The number of para-hydroxylation sites is 2. The van der Waals surface area contributed by atoms with Crippen LogP contribution in [0.4, 0.5) is 0 Å². The molecule has 7 aromatic rings. The molecule has 7 rings (SSSR count). The van der Waals surface area contributed by atoms with E-state index in [0.29, 0.717) is 17.5 Å². The number of fused-ring (bicyclic) bond motifs is 4. The van der Waals surface area contributed by atoms with E-state index in [1.54, 1.807) is 0 Å². The standard InChI is InChI=1S/C26H26N3O.C18H24NSi.Ir/c1-15(2)19-14-13-17-22-16(3)11-12-18(23(22)30-25(17)28-19)24-27-20-9-7-8-10-21(20)29(24)26(4,5)6;1-14(2)11-16-12-17(15-9-7-6-8-10-15)19-13-18(16)20(3,4)5;/h7-11,13-15H,1-6H3;6-9,12-14H,11H2,1-5H3;/q2*-1;. The Hall–Kier alpha value is -3.90. The van der Waals surface area contributed by atoms with Crippen LogP contribution in [-0.2, 0) is 32.1 Å². The normalized spacial score (nSPS) is 12.1. The van der Waals surface area contributed by atoms with Gasteiger partial charge in [0.05, 0.1) is 30.5 Å². The zero-order valence-electron chi connectivity index (χ0n) is 31.9.